The van der Waals surface area contributed by atoms with Gasteiger partial charge in [-0.2, -0.15) is 8.42 Å². The normalized spacial score (nSPS) is 12.2. The predicted molar refractivity (Wildman–Crippen MR) is 88.3 cm³/mol. The summed E-state index contributed by atoms with van der Waals surface area (Å²) in [6, 6.07) is 7.97. The quantitative estimate of drug-likeness (QED) is 0.772. The molecule has 6 nitrogen and oxygen atoms in total. The number of nitrogens with one attached hydrogen (secondary N) is 1. The first kappa shape index (κ1) is 18.0. The highest BCUT2D eigenvalue weighted by Gasteiger charge is 2.21. The lowest BCUT2D eigenvalue weighted by Crippen LogP contribution is -2.13. The molecule has 2 N–H and O–H groups in total. The van der Waals surface area contributed by atoms with Crippen molar-refractivity contribution in [3.05, 3.63) is 52.0 Å². The molecule has 2 rings (SSSR count). The minimum atomic E-state index is -4.57. The number of rotatable bonds is 4. The number of aryl methyl sites for hydroxylation is 1. The molecule has 0 aliphatic carbocycles. The molecule has 0 fully saturated rings. The Balaban J connectivity index is 2.44. The van der Waals surface area contributed by atoms with Crippen molar-refractivity contribution in [3.63, 3.8) is 0 Å². The molecule has 2 aromatic carbocycles. The minimum Gasteiger partial charge on any atom is -0.282 e. The van der Waals surface area contributed by atoms with Crippen LogP contribution in [0.25, 0.3) is 0 Å². The minimum absolute atomic E-state index is 0.00847. The van der Waals surface area contributed by atoms with Crippen LogP contribution in [0.3, 0.4) is 0 Å². The van der Waals surface area contributed by atoms with Crippen LogP contribution in [0.2, 0.25) is 10.0 Å². The Morgan fingerprint density at radius 2 is 1.52 bits per heavy atom. The van der Waals surface area contributed by atoms with E-state index in [9.17, 15) is 16.8 Å². The highest BCUT2D eigenvalue weighted by molar-refractivity contribution is 7.92. The molecule has 0 radical (unpaired) electrons. The molecule has 0 saturated carbocycles. The van der Waals surface area contributed by atoms with E-state index in [1.165, 1.54) is 12.1 Å². The van der Waals surface area contributed by atoms with Gasteiger partial charge >= 0.3 is 0 Å². The number of sulfonamides is 1. The molecule has 0 aliphatic heterocycles. The summed E-state index contributed by atoms with van der Waals surface area (Å²) in [7, 11) is -8.49. The number of halogens is 2. The van der Waals surface area contributed by atoms with Gasteiger partial charge in [-0.15, -0.1) is 0 Å². The van der Waals surface area contributed by atoms with Crippen molar-refractivity contribution in [2.75, 3.05) is 4.72 Å². The van der Waals surface area contributed by atoms with Gasteiger partial charge in [0.25, 0.3) is 20.1 Å². The van der Waals surface area contributed by atoms with Crippen molar-refractivity contribution in [2.45, 2.75) is 16.7 Å². The van der Waals surface area contributed by atoms with Crippen LogP contribution in [0.15, 0.2) is 46.2 Å². The van der Waals surface area contributed by atoms with Gasteiger partial charge in [-0.1, -0.05) is 40.9 Å². The Kier molecular flexibility index (Phi) is 4.93. The molecular weight excluding hydrogens is 385 g/mol. The Morgan fingerprint density at radius 3 is 2.04 bits per heavy atom. The highest BCUT2D eigenvalue weighted by Crippen LogP contribution is 2.33. The fourth-order valence-electron chi connectivity index (χ4n) is 1.73. The fraction of sp³-hybridized carbons (Fsp3) is 0.0769. The highest BCUT2D eigenvalue weighted by atomic mass is 35.5. The molecule has 124 valence electrons. The van der Waals surface area contributed by atoms with E-state index < -0.39 is 25.0 Å². The summed E-state index contributed by atoms with van der Waals surface area (Å²) in [5.74, 6) is 0. The molecule has 0 unspecified atom stereocenters. The van der Waals surface area contributed by atoms with E-state index in [0.29, 0.717) is 0 Å². The van der Waals surface area contributed by atoms with E-state index >= 15 is 0 Å². The molecule has 0 amide bonds. The summed E-state index contributed by atoms with van der Waals surface area (Å²) in [5.41, 5.74) is 0.784. The maximum Gasteiger partial charge on any atom is 0.296 e. The first-order chi connectivity index (χ1) is 10.5. The van der Waals surface area contributed by atoms with Crippen LogP contribution >= 0.6 is 23.2 Å². The number of benzene rings is 2. The van der Waals surface area contributed by atoms with E-state index in [4.69, 9.17) is 27.8 Å². The van der Waals surface area contributed by atoms with Crippen molar-refractivity contribution >= 4 is 49.0 Å². The fourth-order valence-corrected chi connectivity index (χ4v) is 4.16. The van der Waals surface area contributed by atoms with Crippen molar-refractivity contribution in [2.24, 2.45) is 0 Å². The number of anilines is 1. The molecule has 0 saturated heterocycles. The van der Waals surface area contributed by atoms with E-state index in [1.807, 2.05) is 6.92 Å². The van der Waals surface area contributed by atoms with Gasteiger partial charge in [0.1, 0.15) is 4.90 Å². The number of hydrogen-bond donors (Lipinski definition) is 2. The van der Waals surface area contributed by atoms with Gasteiger partial charge in [-0.05, 0) is 31.2 Å². The molecule has 0 aromatic heterocycles. The van der Waals surface area contributed by atoms with Crippen molar-refractivity contribution < 1.29 is 21.4 Å². The monoisotopic (exact) mass is 395 g/mol. The third kappa shape index (κ3) is 4.15. The SMILES string of the molecule is Cc1ccc(S(=O)(=O)Nc2cc(Cl)c(S(=O)(=O)O)cc2Cl)cc1. The molecular formula is C13H11Cl2NO5S2. The van der Waals surface area contributed by atoms with Crippen LogP contribution in [0.4, 0.5) is 5.69 Å². The van der Waals surface area contributed by atoms with Crippen LogP contribution < -0.4 is 4.72 Å². The van der Waals surface area contributed by atoms with Crippen LogP contribution in [-0.4, -0.2) is 21.4 Å². The predicted octanol–water partition coefficient (Wildman–Crippen LogP) is 3.35. The van der Waals surface area contributed by atoms with Gasteiger partial charge in [0.05, 0.1) is 20.6 Å². The summed E-state index contributed by atoms with van der Waals surface area (Å²) in [6.45, 7) is 1.81. The Bertz CT molecular complexity index is 955. The topological polar surface area (TPSA) is 101 Å². The molecule has 10 heteroatoms. The van der Waals surface area contributed by atoms with Crippen LogP contribution in [-0.2, 0) is 20.1 Å². The summed E-state index contributed by atoms with van der Waals surface area (Å²) in [5, 5.41) is -0.587. The lowest BCUT2D eigenvalue weighted by Gasteiger charge is -2.11. The lowest BCUT2D eigenvalue weighted by atomic mass is 10.2. The summed E-state index contributed by atoms with van der Waals surface area (Å²) in [4.78, 5) is -0.600. The molecule has 0 atom stereocenters. The van der Waals surface area contributed by atoms with E-state index in [2.05, 4.69) is 4.72 Å². The summed E-state index contributed by atoms with van der Waals surface area (Å²) >= 11 is 11.6. The summed E-state index contributed by atoms with van der Waals surface area (Å²) < 4.78 is 58.0. The first-order valence-electron chi connectivity index (χ1n) is 6.07. The third-order valence-electron chi connectivity index (χ3n) is 2.88. The average Bonchev–Trinajstić information content (AvgIpc) is 2.41. The van der Waals surface area contributed by atoms with Crippen LogP contribution in [0.5, 0.6) is 0 Å². The molecule has 23 heavy (non-hydrogen) atoms. The zero-order chi connectivity index (χ0) is 17.4. The standard InChI is InChI=1S/C13H11Cl2NO5S2/c1-8-2-4-9(5-3-8)22(17,18)16-12-6-11(15)13(7-10(12)14)23(19,20)21/h2-7,16H,1H3,(H,19,20,21). The molecule has 2 aromatic rings. The van der Waals surface area contributed by atoms with Crippen molar-refractivity contribution in [1.29, 1.82) is 0 Å². The van der Waals surface area contributed by atoms with Gasteiger partial charge < -0.3 is 0 Å². The zero-order valence-corrected chi connectivity index (χ0v) is 14.8. The van der Waals surface area contributed by atoms with Crippen molar-refractivity contribution in [1.82, 2.24) is 0 Å². The largest absolute Gasteiger partial charge is 0.296 e. The second-order valence-corrected chi connectivity index (χ2v) is 8.54. The van der Waals surface area contributed by atoms with Crippen LogP contribution in [0, 0.1) is 6.92 Å². The van der Waals surface area contributed by atoms with Gasteiger partial charge in [0.15, 0.2) is 0 Å². The lowest BCUT2D eigenvalue weighted by molar-refractivity contribution is 0.483. The Hall–Kier alpha value is -1.32. The van der Waals surface area contributed by atoms with Crippen LogP contribution in [0.1, 0.15) is 5.56 Å². The maximum absolute atomic E-state index is 12.3. The van der Waals surface area contributed by atoms with E-state index in [1.54, 1.807) is 12.1 Å². The zero-order valence-electron chi connectivity index (χ0n) is 11.6. The van der Waals surface area contributed by atoms with Gasteiger partial charge in [-0.3, -0.25) is 9.27 Å². The second kappa shape index (κ2) is 6.29. The average molecular weight is 396 g/mol. The first-order valence-corrected chi connectivity index (χ1v) is 9.74. The van der Waals surface area contributed by atoms with E-state index in [-0.39, 0.29) is 20.6 Å². The smallest absolute Gasteiger partial charge is 0.282 e. The second-order valence-electron chi connectivity index (χ2n) is 4.66. The van der Waals surface area contributed by atoms with Crippen molar-refractivity contribution in [3.8, 4) is 0 Å². The number of hydrogen-bond acceptors (Lipinski definition) is 4. The third-order valence-corrected chi connectivity index (χ3v) is 5.89. The van der Waals surface area contributed by atoms with Gasteiger partial charge in [0.2, 0.25) is 0 Å². The Morgan fingerprint density at radius 1 is 0.957 bits per heavy atom. The van der Waals surface area contributed by atoms with Gasteiger partial charge in [-0.25, -0.2) is 8.42 Å². The van der Waals surface area contributed by atoms with E-state index in [0.717, 1.165) is 17.7 Å². The summed E-state index contributed by atoms with van der Waals surface area (Å²) in [6.07, 6.45) is 0. The Labute approximate surface area is 143 Å². The maximum atomic E-state index is 12.3. The molecule has 0 heterocycles. The van der Waals surface area contributed by atoms with Gasteiger partial charge in [0, 0.05) is 0 Å². The molecule has 0 spiro atoms. The molecule has 0 aliphatic rings. The molecule has 0 bridgehead atoms.